The number of imide groups is 2. The zero-order valence-corrected chi connectivity index (χ0v) is 36.4. The lowest BCUT2D eigenvalue weighted by Gasteiger charge is -2.29. The minimum absolute atomic E-state index is 0.191. The van der Waals surface area contributed by atoms with Crippen molar-refractivity contribution >= 4 is 46.5 Å². The third kappa shape index (κ3) is 6.97. The highest BCUT2D eigenvalue weighted by atomic mass is 16.2. The number of imidazole rings is 2. The van der Waals surface area contributed by atoms with Crippen molar-refractivity contribution in [1.82, 2.24) is 49.0 Å². The van der Waals surface area contributed by atoms with E-state index in [1.54, 1.807) is 9.80 Å². The van der Waals surface area contributed by atoms with Gasteiger partial charge in [-0.25, -0.2) is 9.97 Å². The van der Waals surface area contributed by atoms with Gasteiger partial charge in [-0.15, -0.1) is 0 Å². The van der Waals surface area contributed by atoms with Crippen molar-refractivity contribution in [3.8, 4) is 22.8 Å². The number of benzene rings is 2. The molecule has 0 spiro atoms. The van der Waals surface area contributed by atoms with Gasteiger partial charge in [0, 0.05) is 86.1 Å². The van der Waals surface area contributed by atoms with Crippen LogP contribution in [0.4, 0.5) is 0 Å². The molecule has 0 saturated carbocycles. The second-order valence-electron chi connectivity index (χ2n) is 18.8. The smallest absolute Gasteiger partial charge is 0.255 e. The van der Waals surface area contributed by atoms with Gasteiger partial charge < -0.3 is 9.80 Å². The first-order valence-corrected chi connectivity index (χ1v) is 23.1. The summed E-state index contributed by atoms with van der Waals surface area (Å²) >= 11 is 0. The monoisotopic (exact) mass is 884 g/mol. The molecule has 4 saturated heterocycles. The highest BCUT2D eigenvalue weighted by molar-refractivity contribution is 6.06. The van der Waals surface area contributed by atoms with Gasteiger partial charge in [-0.05, 0) is 116 Å². The zero-order valence-electron chi connectivity index (χ0n) is 36.4. The van der Waals surface area contributed by atoms with Gasteiger partial charge in [0.1, 0.15) is 23.7 Å². The molecule has 4 aromatic heterocycles. The van der Waals surface area contributed by atoms with Crippen LogP contribution in [0.15, 0.2) is 79.3 Å². The number of hydrogen-bond donors (Lipinski definition) is 2. The molecule has 0 aliphatic carbocycles. The number of piperidine rings is 2. The van der Waals surface area contributed by atoms with E-state index >= 15 is 0 Å². The van der Waals surface area contributed by atoms with E-state index in [0.717, 1.165) is 102 Å². The maximum atomic E-state index is 13.6. The summed E-state index contributed by atoms with van der Waals surface area (Å²) < 4.78 is 4.29. The van der Waals surface area contributed by atoms with Gasteiger partial charge in [0.15, 0.2) is 0 Å². The fourth-order valence-electron chi connectivity index (χ4n) is 11.2. The Kier molecular flexibility index (Phi) is 9.71. The number of pyridine rings is 2. The number of aromatic nitrogens is 4. The van der Waals surface area contributed by atoms with E-state index in [1.807, 2.05) is 42.6 Å². The van der Waals surface area contributed by atoms with Crippen LogP contribution in [0.5, 0.6) is 0 Å². The lowest BCUT2D eigenvalue weighted by molar-refractivity contribution is -0.138. The summed E-state index contributed by atoms with van der Waals surface area (Å²) in [5, 5.41) is 4.77. The molecule has 10 heterocycles. The van der Waals surface area contributed by atoms with Crippen LogP contribution in [0.25, 0.3) is 33.8 Å². The predicted octanol–water partition coefficient (Wildman–Crippen LogP) is 4.42. The van der Waals surface area contributed by atoms with E-state index in [4.69, 9.17) is 9.97 Å². The predicted molar refractivity (Wildman–Crippen MR) is 240 cm³/mol. The first-order chi connectivity index (χ1) is 32.1. The van der Waals surface area contributed by atoms with Gasteiger partial charge in [-0.1, -0.05) is 18.2 Å². The Morgan fingerprint density at radius 2 is 1.26 bits per heavy atom. The molecule has 4 fully saturated rings. The quantitative estimate of drug-likeness (QED) is 0.198. The molecule has 334 valence electrons. The molecule has 0 radical (unpaired) electrons. The average molecular weight is 885 g/mol. The Morgan fingerprint density at radius 1 is 0.621 bits per heavy atom. The van der Waals surface area contributed by atoms with Crippen LogP contribution in [-0.4, -0.2) is 112 Å². The van der Waals surface area contributed by atoms with Crippen LogP contribution in [-0.2, 0) is 45.4 Å². The molecule has 6 aliphatic rings. The minimum Gasteiger partial charge on any atom is -0.322 e. The van der Waals surface area contributed by atoms with E-state index in [1.165, 1.54) is 18.4 Å². The Hall–Kier alpha value is -7.04. The molecule has 16 heteroatoms. The zero-order chi connectivity index (χ0) is 44.8. The van der Waals surface area contributed by atoms with Gasteiger partial charge >= 0.3 is 0 Å². The molecule has 2 N–H and O–H groups in total. The molecule has 6 amide bonds. The molecule has 6 aromatic rings. The lowest BCUT2D eigenvalue weighted by atomic mass is 10.0. The lowest BCUT2D eigenvalue weighted by Crippen LogP contribution is -2.52. The third-order valence-electron chi connectivity index (χ3n) is 14.6. The van der Waals surface area contributed by atoms with E-state index < -0.39 is 23.9 Å². The molecule has 2 aromatic carbocycles. The van der Waals surface area contributed by atoms with Gasteiger partial charge in [-0.2, -0.15) is 0 Å². The summed E-state index contributed by atoms with van der Waals surface area (Å²) in [6, 6.07) is 19.0. The highest BCUT2D eigenvalue weighted by Gasteiger charge is 2.41. The van der Waals surface area contributed by atoms with Crippen molar-refractivity contribution < 1.29 is 28.8 Å². The summed E-state index contributed by atoms with van der Waals surface area (Å²) in [6.07, 6.45) is 10.6. The number of carbonyl (C=O) groups excluding carboxylic acids is 6. The molecule has 3 atom stereocenters. The van der Waals surface area contributed by atoms with E-state index in [2.05, 4.69) is 65.9 Å². The normalized spacial score (nSPS) is 22.6. The van der Waals surface area contributed by atoms with Crippen molar-refractivity contribution in [1.29, 1.82) is 0 Å². The number of nitrogens with zero attached hydrogens (tertiary/aromatic N) is 8. The second kappa shape index (κ2) is 15.8. The van der Waals surface area contributed by atoms with Crippen molar-refractivity contribution in [3.05, 3.63) is 118 Å². The highest BCUT2D eigenvalue weighted by Crippen LogP contribution is 2.37. The van der Waals surface area contributed by atoms with Crippen LogP contribution in [0.2, 0.25) is 0 Å². The third-order valence-corrected chi connectivity index (χ3v) is 14.6. The van der Waals surface area contributed by atoms with Crippen LogP contribution >= 0.6 is 0 Å². The van der Waals surface area contributed by atoms with Gasteiger partial charge in [-0.3, -0.25) is 58.0 Å². The fourth-order valence-corrected chi connectivity index (χ4v) is 11.2. The minimum atomic E-state index is -0.674. The first-order valence-electron chi connectivity index (χ1n) is 23.1. The van der Waals surface area contributed by atoms with E-state index in [-0.39, 0.29) is 42.4 Å². The Bertz CT molecular complexity index is 3080. The van der Waals surface area contributed by atoms with Crippen LogP contribution in [0.1, 0.15) is 99.5 Å². The van der Waals surface area contributed by atoms with E-state index in [9.17, 15) is 28.8 Å². The van der Waals surface area contributed by atoms with Gasteiger partial charge in [0.25, 0.3) is 11.8 Å². The molecular formula is C50H48N10O6. The Balaban J connectivity index is 0.797. The molecule has 12 rings (SSSR count). The first kappa shape index (κ1) is 40.5. The topological polar surface area (TPSA) is 174 Å². The molecule has 16 nitrogen and oxygen atoms in total. The average Bonchev–Trinajstić information content (AvgIpc) is 4.19. The number of carbonyl (C=O) groups is 6. The van der Waals surface area contributed by atoms with Crippen LogP contribution in [0.3, 0.4) is 0 Å². The maximum absolute atomic E-state index is 13.6. The molecule has 0 bridgehead atoms. The standard InChI is InChI=1S/C50H48N10O6/c61-42-11-9-39(47(63)52-42)59-27-34-20-31(4-7-37(34)49(59)65)45-51-22-36-6-3-30(25-58(36)45)24-56-17-14-33(26-56)44-41-19-29(23-55-15-1-2-16-55)13-18-57(41)46(54-44)32-5-8-38-35(21-32)28-60(50(38)66)40-10-12-43(62)53-48(40)64/h3-8,13,18-22,25,33,39-40H,1-2,9-12,14-17,23-24,26-28H2,(H,52,61,63)(H,53,62,64). The summed E-state index contributed by atoms with van der Waals surface area (Å²) in [7, 11) is 0. The van der Waals surface area contributed by atoms with Crippen molar-refractivity contribution in [2.75, 3.05) is 26.2 Å². The van der Waals surface area contributed by atoms with Crippen molar-refractivity contribution in [3.63, 3.8) is 0 Å². The number of rotatable bonds is 9. The number of amides is 6. The molecular weight excluding hydrogens is 837 g/mol. The fraction of sp³-hybridized carbons (Fsp3) is 0.360. The molecule has 3 unspecified atom stereocenters. The van der Waals surface area contributed by atoms with Crippen LogP contribution in [0, 0.1) is 0 Å². The number of nitrogens with one attached hydrogen (secondary N) is 2. The number of likely N-dealkylation sites (tertiary alicyclic amines) is 2. The summed E-state index contributed by atoms with van der Waals surface area (Å²) in [6.45, 7) is 6.18. The molecule has 6 aliphatic heterocycles. The summed E-state index contributed by atoms with van der Waals surface area (Å²) in [5.41, 5.74) is 10.1. The maximum Gasteiger partial charge on any atom is 0.255 e. The second-order valence-corrected chi connectivity index (χ2v) is 18.8. The SMILES string of the molecule is O=C1CCC(N2Cc3cc(-c4ncc5ccc(CN6CCC(c7nc(-c8ccc9c(c8)CN(C8CCC(=O)NC8=O)C9=O)n8ccc(CN9CCCC9)cc78)C6)cn45)ccc3C2=O)C(=O)N1. The number of hydrogen-bond acceptors (Lipinski definition) is 10. The van der Waals surface area contributed by atoms with E-state index in [0.29, 0.717) is 37.1 Å². The Labute approximate surface area is 379 Å². The van der Waals surface area contributed by atoms with Gasteiger partial charge in [0.05, 0.1) is 22.9 Å². The largest absolute Gasteiger partial charge is 0.322 e. The van der Waals surface area contributed by atoms with Gasteiger partial charge in [0.2, 0.25) is 23.6 Å². The summed E-state index contributed by atoms with van der Waals surface area (Å²) in [4.78, 5) is 94.3. The Morgan fingerprint density at radius 3 is 1.91 bits per heavy atom. The summed E-state index contributed by atoms with van der Waals surface area (Å²) in [5.74, 6) is -0.0761. The van der Waals surface area contributed by atoms with Crippen molar-refractivity contribution in [2.45, 2.75) is 89.1 Å². The van der Waals surface area contributed by atoms with Crippen molar-refractivity contribution in [2.24, 2.45) is 0 Å². The number of fused-ring (bicyclic) bond motifs is 4. The van der Waals surface area contributed by atoms with Crippen LogP contribution < -0.4 is 10.6 Å². The molecule has 66 heavy (non-hydrogen) atoms.